The Bertz CT molecular complexity index is 691. The molecule has 0 aliphatic rings. The van der Waals surface area contributed by atoms with E-state index >= 15 is 0 Å². The maximum absolute atomic E-state index is 10.8. The minimum absolute atomic E-state index is 0.0593. The number of carbonyl (C=O) groups is 4. The van der Waals surface area contributed by atoms with Gasteiger partial charge in [-0.15, -0.1) is 0 Å². The van der Waals surface area contributed by atoms with Gasteiger partial charge in [-0.25, -0.2) is 0 Å². The lowest BCUT2D eigenvalue weighted by molar-refractivity contribution is -0.384. The van der Waals surface area contributed by atoms with E-state index in [1.807, 2.05) is 0 Å². The van der Waals surface area contributed by atoms with Crippen LogP contribution in [0.3, 0.4) is 0 Å². The van der Waals surface area contributed by atoms with E-state index in [1.165, 1.54) is 24.3 Å². The molecule has 12 nitrogen and oxygen atoms in total. The molecular formula is C16H21N3O9. The van der Waals surface area contributed by atoms with Crippen molar-refractivity contribution in [1.29, 1.82) is 0 Å². The molecule has 0 aliphatic heterocycles. The second kappa shape index (κ2) is 12.8. The fourth-order valence-electron chi connectivity index (χ4n) is 1.67. The first kappa shape index (κ1) is 24.5. The minimum Gasteiger partial charge on any atom is -0.462 e. The maximum atomic E-state index is 10.8. The fraction of sp³-hybridized carbons (Fsp3) is 0.375. The number of aldehydes is 1. The summed E-state index contributed by atoms with van der Waals surface area (Å²) in [6.45, 7) is 3.03. The van der Waals surface area contributed by atoms with Gasteiger partial charge >= 0.3 is 17.9 Å². The Morgan fingerprint density at radius 3 is 2.00 bits per heavy atom. The first-order valence-electron chi connectivity index (χ1n) is 7.74. The van der Waals surface area contributed by atoms with Gasteiger partial charge in [0.25, 0.3) is 5.69 Å². The molecule has 0 radical (unpaired) electrons. The molecule has 0 spiro atoms. The summed E-state index contributed by atoms with van der Waals surface area (Å²) in [6.07, 6.45) is -2.13. The third-order valence-corrected chi connectivity index (χ3v) is 2.82. The number of nitro benzene ring substituents is 1. The first-order chi connectivity index (χ1) is 13.1. The van der Waals surface area contributed by atoms with Gasteiger partial charge in [-0.05, 0) is 12.1 Å². The van der Waals surface area contributed by atoms with Gasteiger partial charge in [0.15, 0.2) is 18.5 Å². The third-order valence-electron chi connectivity index (χ3n) is 2.82. The number of anilines is 1. The molecule has 0 bridgehead atoms. The van der Waals surface area contributed by atoms with Crippen molar-refractivity contribution in [2.75, 3.05) is 12.0 Å². The van der Waals surface area contributed by atoms with Crippen molar-refractivity contribution in [3.05, 3.63) is 34.4 Å². The summed E-state index contributed by atoms with van der Waals surface area (Å²) in [6, 6.07) is 5.85. The average Bonchev–Trinajstić information content (AvgIpc) is 2.63. The average molecular weight is 399 g/mol. The quantitative estimate of drug-likeness (QED) is 0.155. The van der Waals surface area contributed by atoms with Gasteiger partial charge in [-0.1, -0.05) is 0 Å². The highest BCUT2D eigenvalue weighted by atomic mass is 16.6. The zero-order chi connectivity index (χ0) is 21.7. The number of benzene rings is 1. The van der Waals surface area contributed by atoms with Crippen LogP contribution in [0.25, 0.3) is 0 Å². The molecule has 2 atom stereocenters. The number of esters is 3. The molecule has 0 saturated heterocycles. The van der Waals surface area contributed by atoms with Crippen LogP contribution in [0.2, 0.25) is 0 Å². The van der Waals surface area contributed by atoms with Crippen LogP contribution < -0.4 is 11.3 Å². The highest BCUT2D eigenvalue weighted by Crippen LogP contribution is 2.13. The number of ether oxygens (including phenoxy) is 3. The summed E-state index contributed by atoms with van der Waals surface area (Å²) in [7, 11) is 0. The molecule has 0 amide bonds. The van der Waals surface area contributed by atoms with E-state index in [2.05, 4.69) is 14.9 Å². The minimum atomic E-state index is -1.30. The summed E-state index contributed by atoms with van der Waals surface area (Å²) in [5.41, 5.74) is 3.08. The normalized spacial score (nSPS) is 11.6. The second-order valence-corrected chi connectivity index (χ2v) is 5.11. The Morgan fingerprint density at radius 2 is 1.64 bits per heavy atom. The highest BCUT2D eigenvalue weighted by molar-refractivity contribution is 5.71. The van der Waals surface area contributed by atoms with Crippen molar-refractivity contribution in [3.8, 4) is 0 Å². The number of carbonyl (C=O) groups excluding carboxylic acids is 4. The van der Waals surface area contributed by atoms with Gasteiger partial charge in [0.05, 0.1) is 4.92 Å². The zero-order valence-electron chi connectivity index (χ0n) is 15.4. The molecule has 12 heteroatoms. The predicted octanol–water partition coefficient (Wildman–Crippen LogP) is 0.492. The van der Waals surface area contributed by atoms with Crippen LogP contribution in [0.1, 0.15) is 20.8 Å². The van der Waals surface area contributed by atoms with Crippen molar-refractivity contribution < 1.29 is 38.3 Å². The predicted molar refractivity (Wildman–Crippen MR) is 94.7 cm³/mol. The molecule has 1 rings (SSSR count). The number of nitrogen functional groups attached to an aromatic ring is 1. The molecule has 154 valence electrons. The lowest BCUT2D eigenvalue weighted by Crippen LogP contribution is -2.39. The smallest absolute Gasteiger partial charge is 0.303 e. The van der Waals surface area contributed by atoms with E-state index in [0.29, 0.717) is 12.0 Å². The number of nitrogens with one attached hydrogen (secondary N) is 1. The van der Waals surface area contributed by atoms with Crippen LogP contribution in [-0.4, -0.2) is 47.9 Å². The Morgan fingerprint density at radius 1 is 1.11 bits per heavy atom. The summed E-state index contributed by atoms with van der Waals surface area (Å²) in [4.78, 5) is 52.5. The molecule has 0 heterocycles. The third kappa shape index (κ3) is 10.5. The molecule has 3 N–H and O–H groups in total. The van der Waals surface area contributed by atoms with Gasteiger partial charge in [0.1, 0.15) is 6.61 Å². The van der Waals surface area contributed by atoms with Crippen LogP contribution in [0.4, 0.5) is 11.4 Å². The van der Waals surface area contributed by atoms with E-state index in [-0.39, 0.29) is 12.3 Å². The topological polar surface area (TPSA) is 177 Å². The molecule has 1 aromatic rings. The second-order valence-electron chi connectivity index (χ2n) is 5.11. The van der Waals surface area contributed by atoms with Crippen molar-refractivity contribution in [3.63, 3.8) is 0 Å². The molecule has 0 aliphatic carbocycles. The van der Waals surface area contributed by atoms with Gasteiger partial charge in [-0.3, -0.25) is 35.1 Å². The number of nitrogens with two attached hydrogens (primary N) is 1. The van der Waals surface area contributed by atoms with E-state index < -0.39 is 35.0 Å². The number of hydrazine groups is 1. The van der Waals surface area contributed by atoms with Gasteiger partial charge in [-0.2, -0.15) is 0 Å². The van der Waals surface area contributed by atoms with E-state index in [1.54, 1.807) is 0 Å². The standard InChI is InChI=1S/C10H14O7.C6H7N3O2/c1-6(12)15-5-10(17-8(3)14)9(4-11)16-7(2)13;7-8-5-1-3-6(4-2-5)9(10)11/h4,9-10H,5H2,1-3H3;1-4,8H,7H2. The summed E-state index contributed by atoms with van der Waals surface area (Å²) in [5.74, 6) is 3.07. The molecule has 0 aromatic heterocycles. The molecule has 0 saturated carbocycles. The zero-order valence-corrected chi connectivity index (χ0v) is 15.4. The lowest BCUT2D eigenvalue weighted by atomic mass is 10.2. The number of non-ortho nitro benzene ring substituents is 1. The Labute approximate surface area is 160 Å². The number of hydrogen-bond donors (Lipinski definition) is 2. The van der Waals surface area contributed by atoms with Crippen LogP contribution in [0, 0.1) is 10.1 Å². The van der Waals surface area contributed by atoms with E-state index in [0.717, 1.165) is 20.8 Å². The van der Waals surface area contributed by atoms with Crippen LogP contribution in [-0.2, 0) is 33.4 Å². The number of nitro groups is 1. The lowest BCUT2D eigenvalue weighted by Gasteiger charge is -2.21. The first-order valence-corrected chi connectivity index (χ1v) is 7.74. The van der Waals surface area contributed by atoms with Gasteiger partial charge < -0.3 is 19.6 Å². The van der Waals surface area contributed by atoms with Crippen molar-refractivity contribution in [1.82, 2.24) is 0 Å². The van der Waals surface area contributed by atoms with Crippen LogP contribution in [0.15, 0.2) is 24.3 Å². The number of hydrogen-bond acceptors (Lipinski definition) is 11. The van der Waals surface area contributed by atoms with Crippen molar-refractivity contribution in [2.24, 2.45) is 5.84 Å². The molecule has 2 unspecified atom stereocenters. The molecular weight excluding hydrogens is 378 g/mol. The van der Waals surface area contributed by atoms with Crippen LogP contribution >= 0.6 is 0 Å². The Hall–Kier alpha value is -3.54. The van der Waals surface area contributed by atoms with E-state index in [4.69, 9.17) is 10.6 Å². The van der Waals surface area contributed by atoms with Gasteiger partial charge in [0, 0.05) is 38.6 Å². The van der Waals surface area contributed by atoms with Gasteiger partial charge in [0.2, 0.25) is 0 Å². The van der Waals surface area contributed by atoms with Crippen molar-refractivity contribution in [2.45, 2.75) is 33.0 Å². The SMILES string of the molecule is CC(=O)OCC(OC(C)=O)C(C=O)OC(C)=O.NNc1ccc([N+](=O)[O-])cc1. The summed E-state index contributed by atoms with van der Waals surface area (Å²) >= 11 is 0. The summed E-state index contributed by atoms with van der Waals surface area (Å²) < 4.78 is 14.0. The van der Waals surface area contributed by atoms with E-state index in [9.17, 15) is 29.3 Å². The molecule has 0 fully saturated rings. The molecule has 1 aromatic carbocycles. The Kier molecular flexibility index (Phi) is 11.1. The monoisotopic (exact) mass is 399 g/mol. The molecule has 28 heavy (non-hydrogen) atoms. The summed E-state index contributed by atoms with van der Waals surface area (Å²) in [5, 5.41) is 10.2. The highest BCUT2D eigenvalue weighted by Gasteiger charge is 2.28. The fourth-order valence-corrected chi connectivity index (χ4v) is 1.67. The van der Waals surface area contributed by atoms with Crippen molar-refractivity contribution >= 4 is 35.6 Å². The largest absolute Gasteiger partial charge is 0.462 e. The van der Waals surface area contributed by atoms with Crippen LogP contribution in [0.5, 0.6) is 0 Å². The Balaban J connectivity index is 0.000000567. The maximum Gasteiger partial charge on any atom is 0.303 e. The number of rotatable bonds is 8. The number of nitrogens with zero attached hydrogens (tertiary/aromatic N) is 1.